The zero-order valence-corrected chi connectivity index (χ0v) is 11.9. The number of carboxylic acids is 1. The van der Waals surface area contributed by atoms with Crippen LogP contribution < -0.4 is 9.47 Å². The Morgan fingerprint density at radius 2 is 2.11 bits per heavy atom. The van der Waals surface area contributed by atoms with E-state index in [1.165, 1.54) is 0 Å². The molecule has 0 spiro atoms. The molecule has 0 saturated heterocycles. The normalized spacial score (nSPS) is 16.2. The van der Waals surface area contributed by atoms with Crippen LogP contribution in [0, 0.1) is 0 Å². The van der Waals surface area contributed by atoms with E-state index in [4.69, 9.17) is 9.47 Å². The molecular formula is C13H15BrO4. The van der Waals surface area contributed by atoms with Crippen molar-refractivity contribution in [2.75, 3.05) is 13.7 Å². The summed E-state index contributed by atoms with van der Waals surface area (Å²) in [6.45, 7) is 2.37. The standard InChI is InChI=1S/C13H15BrO4/c1-3-18-10-7-11(17-2)9(14)6-8(10)13(4-5-13)12(15)16/h6-7H,3-5H2,1-2H3,(H,15,16). The lowest BCUT2D eigenvalue weighted by Crippen LogP contribution is -2.20. The van der Waals surface area contributed by atoms with Crippen molar-refractivity contribution in [2.45, 2.75) is 25.2 Å². The molecule has 0 aromatic heterocycles. The molecule has 1 aliphatic rings. The van der Waals surface area contributed by atoms with Gasteiger partial charge in [-0.3, -0.25) is 4.79 Å². The van der Waals surface area contributed by atoms with E-state index in [9.17, 15) is 9.90 Å². The minimum atomic E-state index is -0.791. The Morgan fingerprint density at radius 3 is 2.56 bits per heavy atom. The summed E-state index contributed by atoms with van der Waals surface area (Å²) >= 11 is 3.39. The minimum absolute atomic E-state index is 0.494. The van der Waals surface area contributed by atoms with Crippen LogP contribution in [-0.4, -0.2) is 24.8 Å². The monoisotopic (exact) mass is 314 g/mol. The van der Waals surface area contributed by atoms with E-state index in [0.29, 0.717) is 30.9 Å². The highest BCUT2D eigenvalue weighted by atomic mass is 79.9. The van der Waals surface area contributed by atoms with Gasteiger partial charge in [0.25, 0.3) is 0 Å². The molecule has 0 unspecified atom stereocenters. The average Bonchev–Trinajstić information content (AvgIpc) is 3.12. The van der Waals surface area contributed by atoms with Gasteiger partial charge in [0.15, 0.2) is 0 Å². The Bertz CT molecular complexity index is 480. The molecule has 18 heavy (non-hydrogen) atoms. The summed E-state index contributed by atoms with van der Waals surface area (Å²) < 4.78 is 11.5. The van der Waals surface area contributed by atoms with Gasteiger partial charge in [0.1, 0.15) is 11.5 Å². The molecule has 1 aromatic carbocycles. The average molecular weight is 315 g/mol. The SMILES string of the molecule is CCOc1cc(OC)c(Br)cc1C1(C(=O)O)CC1. The van der Waals surface area contributed by atoms with Crippen LogP contribution in [0.5, 0.6) is 11.5 Å². The number of hydrogen-bond donors (Lipinski definition) is 1. The molecule has 2 rings (SSSR count). The molecule has 4 nitrogen and oxygen atoms in total. The van der Waals surface area contributed by atoms with Crippen LogP contribution >= 0.6 is 15.9 Å². The highest BCUT2D eigenvalue weighted by Gasteiger charge is 2.53. The largest absolute Gasteiger partial charge is 0.495 e. The van der Waals surface area contributed by atoms with Crippen molar-refractivity contribution in [1.29, 1.82) is 0 Å². The van der Waals surface area contributed by atoms with Crippen LogP contribution in [0.4, 0.5) is 0 Å². The maximum atomic E-state index is 11.4. The number of carbonyl (C=O) groups is 1. The zero-order valence-electron chi connectivity index (χ0n) is 10.3. The van der Waals surface area contributed by atoms with Gasteiger partial charge in [-0.1, -0.05) is 0 Å². The maximum Gasteiger partial charge on any atom is 0.314 e. The molecule has 1 saturated carbocycles. The Kier molecular flexibility index (Phi) is 3.52. The number of ether oxygens (including phenoxy) is 2. The van der Waals surface area contributed by atoms with E-state index in [2.05, 4.69) is 15.9 Å². The second-order valence-electron chi connectivity index (χ2n) is 4.30. The zero-order chi connectivity index (χ0) is 13.3. The number of halogens is 1. The van der Waals surface area contributed by atoms with Crippen LogP contribution in [-0.2, 0) is 10.2 Å². The van der Waals surface area contributed by atoms with Gasteiger partial charge in [0, 0.05) is 11.6 Å². The Balaban J connectivity index is 2.52. The third-order valence-electron chi connectivity index (χ3n) is 3.23. The van der Waals surface area contributed by atoms with Gasteiger partial charge in [0.2, 0.25) is 0 Å². The van der Waals surface area contributed by atoms with Gasteiger partial charge in [-0.25, -0.2) is 0 Å². The molecule has 0 amide bonds. The number of aliphatic carboxylic acids is 1. The van der Waals surface area contributed by atoms with Crippen molar-refractivity contribution >= 4 is 21.9 Å². The van der Waals surface area contributed by atoms with Crippen molar-refractivity contribution < 1.29 is 19.4 Å². The third-order valence-corrected chi connectivity index (χ3v) is 3.85. The van der Waals surface area contributed by atoms with Gasteiger partial charge in [0.05, 0.1) is 23.6 Å². The molecule has 1 N–H and O–H groups in total. The van der Waals surface area contributed by atoms with Crippen LogP contribution in [0.15, 0.2) is 16.6 Å². The smallest absolute Gasteiger partial charge is 0.314 e. The van der Waals surface area contributed by atoms with E-state index < -0.39 is 11.4 Å². The Morgan fingerprint density at radius 1 is 1.44 bits per heavy atom. The molecule has 0 aliphatic heterocycles. The summed E-state index contributed by atoms with van der Waals surface area (Å²) in [6.07, 6.45) is 1.31. The van der Waals surface area contributed by atoms with Crippen LogP contribution in [0.2, 0.25) is 0 Å². The number of benzene rings is 1. The molecule has 0 radical (unpaired) electrons. The molecule has 5 heteroatoms. The lowest BCUT2D eigenvalue weighted by molar-refractivity contribution is -0.140. The summed E-state index contributed by atoms with van der Waals surface area (Å²) in [5.41, 5.74) is -0.0521. The molecule has 1 aliphatic carbocycles. The van der Waals surface area contributed by atoms with Gasteiger partial charge in [-0.05, 0) is 41.8 Å². The predicted molar refractivity (Wildman–Crippen MR) is 70.4 cm³/mol. The lowest BCUT2D eigenvalue weighted by atomic mass is 9.95. The molecular weight excluding hydrogens is 300 g/mol. The third kappa shape index (κ3) is 2.07. The first kappa shape index (κ1) is 13.2. The Hall–Kier alpha value is -1.23. The second-order valence-corrected chi connectivity index (χ2v) is 5.16. The second kappa shape index (κ2) is 4.80. The summed E-state index contributed by atoms with van der Waals surface area (Å²) in [5.74, 6) is 0.446. The molecule has 1 aromatic rings. The fourth-order valence-electron chi connectivity index (χ4n) is 2.06. The maximum absolute atomic E-state index is 11.4. The number of hydrogen-bond acceptors (Lipinski definition) is 3. The van der Waals surface area contributed by atoms with Crippen LogP contribution in [0.25, 0.3) is 0 Å². The summed E-state index contributed by atoms with van der Waals surface area (Å²) in [5, 5.41) is 9.37. The predicted octanol–water partition coefficient (Wildman–Crippen LogP) is 2.97. The minimum Gasteiger partial charge on any atom is -0.495 e. The van der Waals surface area contributed by atoms with Gasteiger partial charge < -0.3 is 14.6 Å². The summed E-state index contributed by atoms with van der Waals surface area (Å²) in [4.78, 5) is 11.4. The van der Waals surface area contributed by atoms with Crippen molar-refractivity contribution in [2.24, 2.45) is 0 Å². The summed E-state index contributed by atoms with van der Waals surface area (Å²) in [7, 11) is 1.57. The molecule has 0 bridgehead atoms. The van der Waals surface area contributed by atoms with E-state index in [0.717, 1.165) is 10.0 Å². The summed E-state index contributed by atoms with van der Waals surface area (Å²) in [6, 6.07) is 3.54. The lowest BCUT2D eigenvalue weighted by Gasteiger charge is -2.18. The van der Waals surface area contributed by atoms with E-state index in [1.54, 1.807) is 19.2 Å². The molecule has 98 valence electrons. The quantitative estimate of drug-likeness (QED) is 0.907. The first-order valence-electron chi connectivity index (χ1n) is 5.79. The van der Waals surface area contributed by atoms with Crippen molar-refractivity contribution in [3.8, 4) is 11.5 Å². The van der Waals surface area contributed by atoms with E-state index in [-0.39, 0.29) is 0 Å². The fraction of sp³-hybridized carbons (Fsp3) is 0.462. The van der Waals surface area contributed by atoms with Crippen LogP contribution in [0.1, 0.15) is 25.3 Å². The van der Waals surface area contributed by atoms with Crippen molar-refractivity contribution in [3.05, 3.63) is 22.2 Å². The number of methoxy groups -OCH3 is 1. The molecule has 1 fully saturated rings. The first-order chi connectivity index (χ1) is 8.55. The van der Waals surface area contributed by atoms with Gasteiger partial charge in [-0.2, -0.15) is 0 Å². The van der Waals surface area contributed by atoms with E-state index in [1.807, 2.05) is 6.92 Å². The topological polar surface area (TPSA) is 55.8 Å². The highest BCUT2D eigenvalue weighted by Crippen LogP contribution is 2.53. The Labute approximate surface area is 114 Å². The van der Waals surface area contributed by atoms with Crippen molar-refractivity contribution in [1.82, 2.24) is 0 Å². The van der Waals surface area contributed by atoms with Gasteiger partial charge >= 0.3 is 5.97 Å². The number of carboxylic acid groups (broad SMARTS) is 1. The molecule has 0 heterocycles. The highest BCUT2D eigenvalue weighted by molar-refractivity contribution is 9.10. The van der Waals surface area contributed by atoms with Crippen LogP contribution in [0.3, 0.4) is 0 Å². The van der Waals surface area contributed by atoms with Gasteiger partial charge in [-0.15, -0.1) is 0 Å². The first-order valence-corrected chi connectivity index (χ1v) is 6.58. The molecule has 0 atom stereocenters. The van der Waals surface area contributed by atoms with E-state index >= 15 is 0 Å². The fourth-order valence-corrected chi connectivity index (χ4v) is 2.57. The van der Waals surface area contributed by atoms with Crippen molar-refractivity contribution in [3.63, 3.8) is 0 Å². The number of rotatable bonds is 5.